The van der Waals surface area contributed by atoms with Crippen LogP contribution in [0.4, 0.5) is 5.69 Å². The average molecular weight is 203 g/mol. The first-order chi connectivity index (χ1) is 5.59. The van der Waals surface area contributed by atoms with Crippen molar-refractivity contribution in [2.75, 3.05) is 5.32 Å². The normalized spacial score (nSPS) is 9.42. The Kier molecular flexibility index (Phi) is 2.73. The molecule has 0 unspecified atom stereocenters. The van der Waals surface area contributed by atoms with Gasteiger partial charge in [0, 0.05) is 5.02 Å². The number of nitrogens with one attached hydrogen (secondary N) is 1. The van der Waals surface area contributed by atoms with Crippen LogP contribution < -0.4 is 11.1 Å². The molecule has 0 saturated carbocycles. The summed E-state index contributed by atoms with van der Waals surface area (Å²) >= 11 is 10.3. The van der Waals surface area contributed by atoms with Crippen molar-refractivity contribution in [3.05, 3.63) is 23.2 Å². The van der Waals surface area contributed by atoms with Crippen molar-refractivity contribution < 1.29 is 5.11 Å². The SMILES string of the molecule is NC(=S)Nc1cc(Cl)ccc1O. The first-order valence-corrected chi connectivity index (χ1v) is 3.93. The Balaban J connectivity index is 2.97. The molecular weight excluding hydrogens is 196 g/mol. The Bertz CT molecular complexity index is 316. The Morgan fingerprint density at radius 2 is 2.25 bits per heavy atom. The number of nitrogens with two attached hydrogens (primary N) is 1. The summed E-state index contributed by atoms with van der Waals surface area (Å²) < 4.78 is 0. The topological polar surface area (TPSA) is 58.3 Å². The van der Waals surface area contributed by atoms with Crippen molar-refractivity contribution in [2.45, 2.75) is 0 Å². The van der Waals surface area contributed by atoms with Gasteiger partial charge in [-0.3, -0.25) is 0 Å². The minimum atomic E-state index is 0.0622. The van der Waals surface area contributed by atoms with E-state index in [0.29, 0.717) is 10.7 Å². The van der Waals surface area contributed by atoms with E-state index in [1.807, 2.05) is 0 Å². The first-order valence-electron chi connectivity index (χ1n) is 3.14. The molecule has 64 valence electrons. The van der Waals surface area contributed by atoms with Gasteiger partial charge in [-0.15, -0.1) is 0 Å². The summed E-state index contributed by atoms with van der Waals surface area (Å²) in [5.41, 5.74) is 5.62. The molecule has 0 bridgehead atoms. The zero-order chi connectivity index (χ0) is 9.14. The molecule has 0 aromatic heterocycles. The van der Waals surface area contributed by atoms with E-state index in [2.05, 4.69) is 17.5 Å². The van der Waals surface area contributed by atoms with Gasteiger partial charge in [0.15, 0.2) is 5.11 Å². The lowest BCUT2D eigenvalue weighted by molar-refractivity contribution is 0.478. The molecule has 0 amide bonds. The Hall–Kier alpha value is -1.00. The third-order valence-electron chi connectivity index (χ3n) is 1.22. The fourth-order valence-corrected chi connectivity index (χ4v) is 1.02. The number of hydrogen-bond acceptors (Lipinski definition) is 2. The lowest BCUT2D eigenvalue weighted by Gasteiger charge is -2.05. The van der Waals surface area contributed by atoms with Crippen molar-refractivity contribution in [3.63, 3.8) is 0 Å². The fraction of sp³-hybridized carbons (Fsp3) is 0. The van der Waals surface area contributed by atoms with Crippen molar-refractivity contribution >= 4 is 34.6 Å². The van der Waals surface area contributed by atoms with Gasteiger partial charge in [0.1, 0.15) is 5.75 Å². The third-order valence-corrected chi connectivity index (χ3v) is 1.55. The smallest absolute Gasteiger partial charge is 0.168 e. The summed E-state index contributed by atoms with van der Waals surface area (Å²) in [5.74, 6) is 0.0622. The highest BCUT2D eigenvalue weighted by Gasteiger charge is 2.01. The van der Waals surface area contributed by atoms with Crippen LogP contribution in [-0.4, -0.2) is 10.2 Å². The van der Waals surface area contributed by atoms with Gasteiger partial charge in [0.25, 0.3) is 0 Å². The summed E-state index contributed by atoms with van der Waals surface area (Å²) in [4.78, 5) is 0. The van der Waals surface area contributed by atoms with E-state index >= 15 is 0 Å². The van der Waals surface area contributed by atoms with Crippen molar-refractivity contribution in [1.82, 2.24) is 0 Å². The predicted molar refractivity (Wildman–Crippen MR) is 53.5 cm³/mol. The Morgan fingerprint density at radius 3 is 2.83 bits per heavy atom. The molecule has 5 heteroatoms. The van der Waals surface area contributed by atoms with Crippen LogP contribution in [-0.2, 0) is 0 Å². The van der Waals surface area contributed by atoms with Crippen LogP contribution in [0.2, 0.25) is 5.02 Å². The number of anilines is 1. The minimum absolute atomic E-state index is 0.0622. The van der Waals surface area contributed by atoms with Crippen LogP contribution in [0.5, 0.6) is 5.75 Å². The van der Waals surface area contributed by atoms with Gasteiger partial charge in [-0.25, -0.2) is 0 Å². The van der Waals surface area contributed by atoms with Crippen LogP contribution >= 0.6 is 23.8 Å². The van der Waals surface area contributed by atoms with Crippen LogP contribution in [0.25, 0.3) is 0 Å². The van der Waals surface area contributed by atoms with E-state index in [9.17, 15) is 5.11 Å². The molecule has 0 saturated heterocycles. The number of hydrogen-bond donors (Lipinski definition) is 3. The van der Waals surface area contributed by atoms with E-state index in [0.717, 1.165) is 0 Å². The van der Waals surface area contributed by atoms with E-state index in [1.54, 1.807) is 6.07 Å². The molecular formula is C7H7ClN2OS. The zero-order valence-electron chi connectivity index (χ0n) is 6.04. The summed E-state index contributed by atoms with van der Waals surface area (Å²) in [5, 5.41) is 12.4. The maximum atomic E-state index is 9.25. The van der Waals surface area contributed by atoms with Gasteiger partial charge in [0.05, 0.1) is 5.69 Å². The molecule has 0 spiro atoms. The molecule has 4 N–H and O–H groups in total. The standard InChI is InChI=1S/C7H7ClN2OS/c8-4-1-2-6(11)5(3-4)10-7(9)12/h1-3,11H,(H3,9,10,12). The quantitative estimate of drug-likeness (QED) is 0.479. The number of benzene rings is 1. The van der Waals surface area contributed by atoms with Gasteiger partial charge >= 0.3 is 0 Å². The lowest BCUT2D eigenvalue weighted by Crippen LogP contribution is -2.18. The number of aromatic hydroxyl groups is 1. The lowest BCUT2D eigenvalue weighted by atomic mass is 10.3. The van der Waals surface area contributed by atoms with Gasteiger partial charge in [-0.05, 0) is 30.4 Å². The molecule has 0 atom stereocenters. The zero-order valence-corrected chi connectivity index (χ0v) is 7.62. The van der Waals surface area contributed by atoms with Gasteiger partial charge < -0.3 is 16.2 Å². The highest BCUT2D eigenvalue weighted by Crippen LogP contribution is 2.25. The molecule has 0 fully saturated rings. The van der Waals surface area contributed by atoms with Crippen LogP contribution in [0.3, 0.4) is 0 Å². The Morgan fingerprint density at radius 1 is 1.58 bits per heavy atom. The van der Waals surface area contributed by atoms with Gasteiger partial charge in [0.2, 0.25) is 0 Å². The second-order valence-electron chi connectivity index (χ2n) is 2.15. The number of halogens is 1. The minimum Gasteiger partial charge on any atom is -0.506 e. The van der Waals surface area contributed by atoms with Crippen LogP contribution in [0, 0.1) is 0 Å². The highest BCUT2D eigenvalue weighted by molar-refractivity contribution is 7.80. The van der Waals surface area contributed by atoms with Gasteiger partial charge in [-0.2, -0.15) is 0 Å². The van der Waals surface area contributed by atoms with Crippen LogP contribution in [0.1, 0.15) is 0 Å². The number of phenols is 1. The predicted octanol–water partition coefficient (Wildman–Crippen LogP) is 1.70. The second-order valence-corrected chi connectivity index (χ2v) is 3.03. The van der Waals surface area contributed by atoms with Crippen molar-refractivity contribution in [2.24, 2.45) is 5.73 Å². The summed E-state index contributed by atoms with van der Waals surface area (Å²) in [6, 6.07) is 4.57. The molecule has 1 rings (SSSR count). The molecule has 12 heavy (non-hydrogen) atoms. The maximum absolute atomic E-state index is 9.25. The molecule has 0 aliphatic rings. The molecule has 0 radical (unpaired) electrons. The molecule has 3 nitrogen and oxygen atoms in total. The molecule has 0 aliphatic carbocycles. The van der Waals surface area contributed by atoms with E-state index in [1.165, 1.54) is 12.1 Å². The highest BCUT2D eigenvalue weighted by atomic mass is 35.5. The van der Waals surface area contributed by atoms with Crippen molar-refractivity contribution in [3.8, 4) is 5.75 Å². The Labute approximate surface area is 80.1 Å². The molecule has 1 aromatic rings. The van der Waals surface area contributed by atoms with Gasteiger partial charge in [-0.1, -0.05) is 11.6 Å². The molecule has 0 aliphatic heterocycles. The molecule has 0 heterocycles. The largest absolute Gasteiger partial charge is 0.506 e. The molecule has 1 aromatic carbocycles. The summed E-state index contributed by atoms with van der Waals surface area (Å²) in [6.07, 6.45) is 0. The maximum Gasteiger partial charge on any atom is 0.168 e. The van der Waals surface area contributed by atoms with Crippen LogP contribution in [0.15, 0.2) is 18.2 Å². The third kappa shape index (κ3) is 2.25. The number of phenolic OH excluding ortho intramolecular Hbond substituents is 1. The number of rotatable bonds is 1. The monoisotopic (exact) mass is 202 g/mol. The average Bonchev–Trinajstić information content (AvgIpc) is 1.96. The van der Waals surface area contributed by atoms with E-state index < -0.39 is 0 Å². The van der Waals surface area contributed by atoms with E-state index in [-0.39, 0.29) is 10.9 Å². The summed E-state index contributed by atoms with van der Waals surface area (Å²) in [7, 11) is 0. The first kappa shape index (κ1) is 9.09. The van der Waals surface area contributed by atoms with Crippen molar-refractivity contribution in [1.29, 1.82) is 0 Å². The fourth-order valence-electron chi connectivity index (χ4n) is 0.741. The second kappa shape index (κ2) is 3.60. The van der Waals surface area contributed by atoms with E-state index in [4.69, 9.17) is 17.3 Å². The number of thiocarbonyl (C=S) groups is 1. The summed E-state index contributed by atoms with van der Waals surface area (Å²) in [6.45, 7) is 0.